The molecule has 0 aliphatic heterocycles. The van der Waals surface area contributed by atoms with Crippen molar-refractivity contribution in [2.45, 2.75) is 6.18 Å². The monoisotopic (exact) mass is 291 g/mol. The summed E-state index contributed by atoms with van der Waals surface area (Å²) >= 11 is 3.03. The number of aldehydes is 1. The van der Waals surface area contributed by atoms with Gasteiger partial charge in [0.05, 0.1) is 5.56 Å². The topological polar surface area (TPSA) is 32.9 Å². The predicted molar refractivity (Wildman–Crippen MR) is 56.4 cm³/mol. The number of benzene rings is 1. The molecule has 0 bridgehead atoms. The summed E-state index contributed by atoms with van der Waals surface area (Å²) in [6.45, 7) is 0. The highest BCUT2D eigenvalue weighted by molar-refractivity contribution is 9.10. The fourth-order valence-corrected chi connectivity index (χ4v) is 2.19. The maximum absolute atomic E-state index is 12.5. The van der Waals surface area contributed by atoms with E-state index in [9.17, 15) is 18.0 Å². The molecule has 0 saturated carbocycles. The molecular formula is C10H5BrF3NO. The van der Waals surface area contributed by atoms with Gasteiger partial charge in [0, 0.05) is 27.1 Å². The number of aromatic nitrogens is 1. The lowest BCUT2D eigenvalue weighted by Crippen LogP contribution is -2.04. The van der Waals surface area contributed by atoms with Crippen molar-refractivity contribution in [3.05, 3.63) is 33.9 Å². The zero-order valence-electron chi connectivity index (χ0n) is 7.73. The first kappa shape index (κ1) is 11.2. The Balaban J connectivity index is 2.75. The molecule has 1 N–H and O–H groups in total. The van der Waals surface area contributed by atoms with Crippen LogP contribution in [0.25, 0.3) is 10.9 Å². The fourth-order valence-electron chi connectivity index (χ4n) is 1.50. The Morgan fingerprint density at radius 1 is 1.31 bits per heavy atom. The summed E-state index contributed by atoms with van der Waals surface area (Å²) in [6, 6.07) is 1.94. The van der Waals surface area contributed by atoms with E-state index in [0.717, 1.165) is 12.1 Å². The van der Waals surface area contributed by atoms with Gasteiger partial charge in [0.15, 0.2) is 6.29 Å². The molecule has 0 saturated heterocycles. The smallest absolute Gasteiger partial charge is 0.360 e. The standard InChI is InChI=1S/C10H5BrF3NO/c11-7-1-6(10(12,13)14)2-8-9(7)5(4-16)3-15-8/h1-4,15H. The van der Waals surface area contributed by atoms with Crippen molar-refractivity contribution in [3.8, 4) is 0 Å². The molecule has 0 radical (unpaired) electrons. The van der Waals surface area contributed by atoms with Gasteiger partial charge < -0.3 is 4.98 Å². The minimum Gasteiger partial charge on any atom is -0.360 e. The molecule has 0 unspecified atom stereocenters. The van der Waals surface area contributed by atoms with E-state index in [4.69, 9.17) is 0 Å². The predicted octanol–water partition coefficient (Wildman–Crippen LogP) is 3.76. The summed E-state index contributed by atoms with van der Waals surface area (Å²) in [5.41, 5.74) is -0.148. The number of alkyl halides is 3. The van der Waals surface area contributed by atoms with Crippen LogP contribution in [0.4, 0.5) is 13.2 Å². The van der Waals surface area contributed by atoms with Crippen LogP contribution < -0.4 is 0 Å². The number of halogens is 4. The molecule has 2 nitrogen and oxygen atoms in total. The lowest BCUT2D eigenvalue weighted by molar-refractivity contribution is -0.137. The van der Waals surface area contributed by atoms with E-state index >= 15 is 0 Å². The quantitative estimate of drug-likeness (QED) is 0.797. The van der Waals surface area contributed by atoms with Crippen LogP contribution in [0.3, 0.4) is 0 Å². The molecule has 84 valence electrons. The Morgan fingerprint density at radius 2 is 2.00 bits per heavy atom. The molecule has 0 aliphatic rings. The Labute approximate surface area is 96.6 Å². The summed E-state index contributed by atoms with van der Waals surface area (Å²) in [7, 11) is 0. The molecule has 0 atom stereocenters. The first-order chi connectivity index (χ1) is 7.43. The normalized spacial score (nSPS) is 12.0. The average molecular weight is 292 g/mol. The summed E-state index contributed by atoms with van der Waals surface area (Å²) in [4.78, 5) is 13.3. The van der Waals surface area contributed by atoms with Crippen LogP contribution in [0.1, 0.15) is 15.9 Å². The maximum Gasteiger partial charge on any atom is 0.416 e. The van der Waals surface area contributed by atoms with E-state index in [-0.39, 0.29) is 9.99 Å². The van der Waals surface area contributed by atoms with Gasteiger partial charge >= 0.3 is 6.18 Å². The van der Waals surface area contributed by atoms with Crippen LogP contribution in [0.2, 0.25) is 0 Å². The van der Waals surface area contributed by atoms with Crippen molar-refractivity contribution in [2.24, 2.45) is 0 Å². The zero-order chi connectivity index (χ0) is 11.9. The van der Waals surface area contributed by atoms with Gasteiger partial charge in [-0.1, -0.05) is 15.9 Å². The number of nitrogens with one attached hydrogen (secondary N) is 1. The molecule has 0 spiro atoms. The van der Waals surface area contributed by atoms with Gasteiger partial charge in [0.2, 0.25) is 0 Å². The van der Waals surface area contributed by atoms with Gasteiger partial charge in [-0.15, -0.1) is 0 Å². The first-order valence-electron chi connectivity index (χ1n) is 4.26. The molecule has 0 aliphatic carbocycles. The van der Waals surface area contributed by atoms with Crippen molar-refractivity contribution in [1.29, 1.82) is 0 Å². The summed E-state index contributed by atoms with van der Waals surface area (Å²) in [5.74, 6) is 0. The van der Waals surface area contributed by atoms with E-state index in [2.05, 4.69) is 20.9 Å². The van der Waals surface area contributed by atoms with E-state index in [1.165, 1.54) is 6.20 Å². The van der Waals surface area contributed by atoms with E-state index in [1.807, 2.05) is 0 Å². The lowest BCUT2D eigenvalue weighted by atomic mass is 10.1. The average Bonchev–Trinajstić information content (AvgIpc) is 2.59. The highest BCUT2D eigenvalue weighted by Crippen LogP contribution is 2.35. The van der Waals surface area contributed by atoms with E-state index in [0.29, 0.717) is 17.2 Å². The number of aromatic amines is 1. The molecule has 1 aromatic heterocycles. The minimum atomic E-state index is -4.40. The summed E-state index contributed by atoms with van der Waals surface area (Å²) < 4.78 is 37.7. The van der Waals surface area contributed by atoms with Gasteiger partial charge in [0.1, 0.15) is 0 Å². The second-order valence-corrected chi connectivity index (χ2v) is 4.09. The van der Waals surface area contributed by atoms with Gasteiger partial charge in [0.25, 0.3) is 0 Å². The SMILES string of the molecule is O=Cc1c[nH]c2cc(C(F)(F)F)cc(Br)c12. The first-order valence-corrected chi connectivity index (χ1v) is 5.06. The van der Waals surface area contributed by atoms with E-state index < -0.39 is 11.7 Å². The van der Waals surface area contributed by atoms with Crippen LogP contribution in [0.15, 0.2) is 22.8 Å². The molecule has 0 amide bonds. The van der Waals surface area contributed by atoms with Crippen LogP contribution in [-0.2, 0) is 6.18 Å². The number of carbonyl (C=O) groups excluding carboxylic acids is 1. The van der Waals surface area contributed by atoms with Crippen molar-refractivity contribution in [3.63, 3.8) is 0 Å². The second kappa shape index (κ2) is 3.62. The maximum atomic E-state index is 12.5. The van der Waals surface area contributed by atoms with Crippen LogP contribution in [0, 0.1) is 0 Å². The van der Waals surface area contributed by atoms with Gasteiger partial charge in [-0.3, -0.25) is 4.79 Å². The van der Waals surface area contributed by atoms with Gasteiger partial charge in [-0.05, 0) is 12.1 Å². The fraction of sp³-hybridized carbons (Fsp3) is 0.100. The second-order valence-electron chi connectivity index (χ2n) is 3.24. The van der Waals surface area contributed by atoms with Crippen LogP contribution in [0.5, 0.6) is 0 Å². The minimum absolute atomic E-state index is 0.251. The van der Waals surface area contributed by atoms with E-state index in [1.54, 1.807) is 0 Å². The molecule has 16 heavy (non-hydrogen) atoms. The highest BCUT2D eigenvalue weighted by Gasteiger charge is 2.31. The van der Waals surface area contributed by atoms with Crippen molar-refractivity contribution in [1.82, 2.24) is 4.98 Å². The number of H-pyrrole nitrogens is 1. The third-order valence-electron chi connectivity index (χ3n) is 2.22. The van der Waals surface area contributed by atoms with Gasteiger partial charge in [-0.2, -0.15) is 13.2 Å². The largest absolute Gasteiger partial charge is 0.416 e. The van der Waals surface area contributed by atoms with Crippen molar-refractivity contribution < 1.29 is 18.0 Å². The zero-order valence-corrected chi connectivity index (χ0v) is 9.32. The Bertz CT molecular complexity index is 559. The highest BCUT2D eigenvalue weighted by atomic mass is 79.9. The third kappa shape index (κ3) is 1.73. The molecule has 1 heterocycles. The molecule has 2 rings (SSSR count). The number of rotatable bonds is 1. The molecule has 2 aromatic rings. The summed E-state index contributed by atoms with van der Waals surface area (Å²) in [5, 5.41) is 0.461. The van der Waals surface area contributed by atoms with Gasteiger partial charge in [-0.25, -0.2) is 0 Å². The number of carbonyl (C=O) groups is 1. The number of fused-ring (bicyclic) bond motifs is 1. The van der Waals surface area contributed by atoms with Crippen LogP contribution >= 0.6 is 15.9 Å². The lowest BCUT2D eigenvalue weighted by Gasteiger charge is -2.07. The molecule has 1 aromatic carbocycles. The Morgan fingerprint density at radius 3 is 2.56 bits per heavy atom. The van der Waals surface area contributed by atoms with Crippen molar-refractivity contribution in [2.75, 3.05) is 0 Å². The molecular weight excluding hydrogens is 287 g/mol. The third-order valence-corrected chi connectivity index (χ3v) is 2.84. The number of hydrogen-bond acceptors (Lipinski definition) is 1. The molecule has 0 fully saturated rings. The summed E-state index contributed by atoms with van der Waals surface area (Å²) in [6.07, 6.45) is -2.43. The molecule has 6 heteroatoms. The Kier molecular flexibility index (Phi) is 2.53. The number of hydrogen-bond donors (Lipinski definition) is 1. The Hall–Kier alpha value is -1.30. The van der Waals surface area contributed by atoms with Crippen LogP contribution in [-0.4, -0.2) is 11.3 Å². The van der Waals surface area contributed by atoms with Crippen molar-refractivity contribution >= 4 is 33.1 Å².